The molecule has 4 heteroatoms. The first-order valence-electron chi connectivity index (χ1n) is 4.97. The average molecular weight is 269 g/mol. The summed E-state index contributed by atoms with van der Waals surface area (Å²) in [6.07, 6.45) is 1.01. The summed E-state index contributed by atoms with van der Waals surface area (Å²) >= 11 is 3.48. The highest BCUT2D eigenvalue weighted by molar-refractivity contribution is 9.10. The molecular weight excluding hydrogens is 256 g/mol. The van der Waals surface area contributed by atoms with Gasteiger partial charge in [-0.3, -0.25) is 0 Å². The highest BCUT2D eigenvalue weighted by atomic mass is 79.9. The predicted molar refractivity (Wildman–Crippen MR) is 64.1 cm³/mol. The van der Waals surface area contributed by atoms with Crippen LogP contribution in [0.25, 0.3) is 0 Å². The fraction of sp³-hybridized carbons (Fsp3) is 0.364. The molecule has 15 heavy (non-hydrogen) atoms. The molecule has 3 nitrogen and oxygen atoms in total. The monoisotopic (exact) mass is 268 g/mol. The van der Waals surface area contributed by atoms with Gasteiger partial charge in [-0.05, 0) is 41.0 Å². The lowest BCUT2D eigenvalue weighted by Crippen LogP contribution is -2.18. The van der Waals surface area contributed by atoms with Crippen LogP contribution in [0.4, 0.5) is 0 Å². The molecule has 80 valence electrons. The Bertz CT molecular complexity index is 379. The zero-order chi connectivity index (χ0) is 10.7. The standard InChI is InChI=1S/C11H13BrN2O/c12-10-4-2-1-3-9(10)11-14-7-8(15-11)5-6-13/h1-4,8H,5-7,13H2. The summed E-state index contributed by atoms with van der Waals surface area (Å²) < 4.78 is 6.72. The van der Waals surface area contributed by atoms with Gasteiger partial charge in [0.2, 0.25) is 5.90 Å². The van der Waals surface area contributed by atoms with Crippen molar-refractivity contribution in [3.63, 3.8) is 0 Å². The maximum Gasteiger partial charge on any atom is 0.217 e. The van der Waals surface area contributed by atoms with E-state index in [9.17, 15) is 0 Å². The third-order valence-electron chi connectivity index (χ3n) is 2.31. The molecular formula is C11H13BrN2O. The molecule has 0 saturated heterocycles. The Hall–Kier alpha value is -0.870. The summed E-state index contributed by atoms with van der Waals surface area (Å²) in [4.78, 5) is 4.38. The minimum absolute atomic E-state index is 0.150. The number of rotatable bonds is 3. The molecule has 2 rings (SSSR count). The van der Waals surface area contributed by atoms with Crippen molar-refractivity contribution in [1.29, 1.82) is 0 Å². The molecule has 0 aromatic heterocycles. The molecule has 1 atom stereocenters. The van der Waals surface area contributed by atoms with E-state index in [1.165, 1.54) is 0 Å². The molecule has 1 aromatic carbocycles. The Morgan fingerprint density at radius 1 is 1.47 bits per heavy atom. The van der Waals surface area contributed by atoms with Crippen LogP contribution in [0.2, 0.25) is 0 Å². The Kier molecular flexibility index (Phi) is 3.38. The highest BCUT2D eigenvalue weighted by Crippen LogP contribution is 2.21. The lowest BCUT2D eigenvalue weighted by atomic mass is 10.2. The van der Waals surface area contributed by atoms with Gasteiger partial charge >= 0.3 is 0 Å². The number of hydrogen-bond donors (Lipinski definition) is 1. The number of benzene rings is 1. The smallest absolute Gasteiger partial charge is 0.217 e. The van der Waals surface area contributed by atoms with Crippen LogP contribution < -0.4 is 5.73 Å². The Labute approximate surface area is 97.5 Å². The van der Waals surface area contributed by atoms with Gasteiger partial charge in [0.25, 0.3) is 0 Å². The lowest BCUT2D eigenvalue weighted by molar-refractivity contribution is 0.216. The zero-order valence-corrected chi connectivity index (χ0v) is 9.90. The van der Waals surface area contributed by atoms with Crippen molar-refractivity contribution >= 4 is 21.8 Å². The molecule has 1 unspecified atom stereocenters. The number of nitrogens with two attached hydrogens (primary N) is 1. The molecule has 1 aliphatic heterocycles. The van der Waals surface area contributed by atoms with Gasteiger partial charge in [0.1, 0.15) is 6.10 Å². The Morgan fingerprint density at radius 2 is 2.27 bits per heavy atom. The molecule has 0 spiro atoms. The second-order valence-electron chi connectivity index (χ2n) is 3.44. The molecule has 1 heterocycles. The number of ether oxygens (including phenoxy) is 1. The zero-order valence-electron chi connectivity index (χ0n) is 8.32. The van der Waals surface area contributed by atoms with Crippen molar-refractivity contribution in [2.75, 3.05) is 13.1 Å². The average Bonchev–Trinajstić information content (AvgIpc) is 2.68. The molecule has 0 amide bonds. The highest BCUT2D eigenvalue weighted by Gasteiger charge is 2.21. The summed E-state index contributed by atoms with van der Waals surface area (Å²) in [6.45, 7) is 1.36. The largest absolute Gasteiger partial charge is 0.472 e. The van der Waals surface area contributed by atoms with Gasteiger partial charge in [0.05, 0.1) is 12.1 Å². The maximum absolute atomic E-state index is 5.71. The van der Waals surface area contributed by atoms with Crippen molar-refractivity contribution < 1.29 is 4.74 Å². The number of aliphatic imine (C=N–C) groups is 1. The second-order valence-corrected chi connectivity index (χ2v) is 4.30. The van der Waals surface area contributed by atoms with Crippen LogP contribution in [0.3, 0.4) is 0 Å². The van der Waals surface area contributed by atoms with Gasteiger partial charge in [-0.2, -0.15) is 0 Å². The van der Waals surface area contributed by atoms with E-state index in [0.717, 1.165) is 22.4 Å². The molecule has 0 aliphatic carbocycles. The summed E-state index contributed by atoms with van der Waals surface area (Å²) in [5.74, 6) is 0.723. The number of halogens is 1. The fourth-order valence-corrected chi connectivity index (χ4v) is 1.99. The van der Waals surface area contributed by atoms with Crippen molar-refractivity contribution in [3.05, 3.63) is 34.3 Å². The quantitative estimate of drug-likeness (QED) is 0.911. The fourth-order valence-electron chi connectivity index (χ4n) is 1.54. The van der Waals surface area contributed by atoms with E-state index in [1.54, 1.807) is 0 Å². The molecule has 0 fully saturated rings. The second kappa shape index (κ2) is 4.77. The third kappa shape index (κ3) is 2.38. The van der Waals surface area contributed by atoms with E-state index < -0.39 is 0 Å². The summed E-state index contributed by atoms with van der Waals surface area (Å²) in [7, 11) is 0. The van der Waals surface area contributed by atoms with Crippen LogP contribution in [0.5, 0.6) is 0 Å². The third-order valence-corrected chi connectivity index (χ3v) is 3.00. The van der Waals surface area contributed by atoms with E-state index in [0.29, 0.717) is 13.1 Å². The van der Waals surface area contributed by atoms with Gasteiger partial charge in [-0.15, -0.1) is 0 Å². The molecule has 0 bridgehead atoms. The summed E-state index contributed by atoms with van der Waals surface area (Å²) in [5.41, 5.74) is 6.49. The molecule has 1 aromatic rings. The van der Waals surface area contributed by atoms with Crippen molar-refractivity contribution in [3.8, 4) is 0 Å². The summed E-state index contributed by atoms with van der Waals surface area (Å²) in [6, 6.07) is 7.92. The van der Waals surface area contributed by atoms with Crippen LogP contribution >= 0.6 is 15.9 Å². The van der Waals surface area contributed by atoms with E-state index in [2.05, 4.69) is 20.9 Å². The van der Waals surface area contributed by atoms with Gasteiger partial charge in [-0.25, -0.2) is 4.99 Å². The first kappa shape index (κ1) is 10.6. The van der Waals surface area contributed by atoms with Crippen LogP contribution in [-0.4, -0.2) is 25.1 Å². The van der Waals surface area contributed by atoms with Crippen molar-refractivity contribution in [2.24, 2.45) is 10.7 Å². The van der Waals surface area contributed by atoms with Gasteiger partial charge < -0.3 is 10.5 Å². The SMILES string of the molecule is NCCC1CN=C(c2ccccc2Br)O1. The lowest BCUT2D eigenvalue weighted by Gasteiger charge is -2.10. The van der Waals surface area contributed by atoms with E-state index >= 15 is 0 Å². The first-order valence-corrected chi connectivity index (χ1v) is 5.76. The number of hydrogen-bond acceptors (Lipinski definition) is 3. The molecule has 2 N–H and O–H groups in total. The van der Waals surface area contributed by atoms with Crippen molar-refractivity contribution in [2.45, 2.75) is 12.5 Å². The maximum atomic E-state index is 5.71. The predicted octanol–water partition coefficient (Wildman–Crippen LogP) is 1.94. The van der Waals surface area contributed by atoms with Crippen LogP contribution in [0, 0.1) is 0 Å². The normalized spacial score (nSPS) is 19.9. The summed E-state index contributed by atoms with van der Waals surface area (Å²) in [5, 5.41) is 0. The molecule has 1 aliphatic rings. The first-order chi connectivity index (χ1) is 7.31. The van der Waals surface area contributed by atoms with Gasteiger partial charge in [0.15, 0.2) is 0 Å². The Balaban J connectivity index is 2.11. The van der Waals surface area contributed by atoms with Gasteiger partial charge in [-0.1, -0.05) is 12.1 Å². The number of nitrogens with zero attached hydrogens (tertiary/aromatic N) is 1. The van der Waals surface area contributed by atoms with Crippen LogP contribution in [-0.2, 0) is 4.74 Å². The molecule has 0 radical (unpaired) electrons. The topological polar surface area (TPSA) is 47.6 Å². The van der Waals surface area contributed by atoms with Crippen LogP contribution in [0.1, 0.15) is 12.0 Å². The van der Waals surface area contributed by atoms with Crippen molar-refractivity contribution in [1.82, 2.24) is 0 Å². The minimum Gasteiger partial charge on any atom is -0.472 e. The van der Waals surface area contributed by atoms with Crippen LogP contribution in [0.15, 0.2) is 33.7 Å². The van der Waals surface area contributed by atoms with E-state index in [4.69, 9.17) is 10.5 Å². The van der Waals surface area contributed by atoms with Gasteiger partial charge in [0, 0.05) is 4.47 Å². The van der Waals surface area contributed by atoms with E-state index in [1.807, 2.05) is 24.3 Å². The molecule has 0 saturated carbocycles. The Morgan fingerprint density at radius 3 is 3.00 bits per heavy atom. The minimum atomic E-state index is 0.150. The van der Waals surface area contributed by atoms with E-state index in [-0.39, 0.29) is 6.10 Å².